The molecule has 1 atom stereocenters. The van der Waals surface area contributed by atoms with Crippen LogP contribution in [-0.4, -0.2) is 44.2 Å². The van der Waals surface area contributed by atoms with E-state index < -0.39 is 5.91 Å². The van der Waals surface area contributed by atoms with E-state index >= 15 is 0 Å². The lowest BCUT2D eigenvalue weighted by molar-refractivity contribution is 0.0995. The Morgan fingerprint density at radius 1 is 1.50 bits per heavy atom. The van der Waals surface area contributed by atoms with Gasteiger partial charge in [0.05, 0.1) is 6.54 Å². The second-order valence-electron chi connectivity index (χ2n) is 7.41. The van der Waals surface area contributed by atoms with Gasteiger partial charge in [-0.25, -0.2) is 0 Å². The molecule has 1 amide bonds. The molecule has 0 bridgehead atoms. The third-order valence-corrected chi connectivity index (χ3v) is 4.29. The standard InChI is InChI=1S/C16H24N6O2/c1-16(2,3)15-18-13(24-21-15)9-22-6-4-5-10(8-22)11-7-12(14(17)23)20-19-11/h7,10H,4-6,8-9H2,1-3H3,(H2,17,23)(H,19,20)/t10-/m1/s1. The van der Waals surface area contributed by atoms with Crippen LogP contribution in [0.25, 0.3) is 0 Å². The normalized spacial score (nSPS) is 19.5. The number of hydrogen-bond donors (Lipinski definition) is 2. The van der Waals surface area contributed by atoms with Crippen molar-refractivity contribution in [2.24, 2.45) is 5.73 Å². The molecule has 130 valence electrons. The molecule has 1 fully saturated rings. The number of hydrogen-bond acceptors (Lipinski definition) is 6. The number of amides is 1. The van der Waals surface area contributed by atoms with Crippen molar-refractivity contribution in [2.45, 2.75) is 51.5 Å². The van der Waals surface area contributed by atoms with E-state index in [1.54, 1.807) is 6.07 Å². The highest BCUT2D eigenvalue weighted by atomic mass is 16.5. The first-order valence-corrected chi connectivity index (χ1v) is 8.23. The van der Waals surface area contributed by atoms with Crippen LogP contribution in [0.4, 0.5) is 0 Å². The molecule has 3 N–H and O–H groups in total. The first-order valence-electron chi connectivity index (χ1n) is 8.23. The number of carbonyl (C=O) groups excluding carboxylic acids is 1. The van der Waals surface area contributed by atoms with Crippen molar-refractivity contribution < 1.29 is 9.32 Å². The lowest BCUT2D eigenvalue weighted by atomic mass is 9.94. The molecule has 1 aliphatic heterocycles. The minimum atomic E-state index is -0.509. The van der Waals surface area contributed by atoms with Crippen molar-refractivity contribution in [3.63, 3.8) is 0 Å². The van der Waals surface area contributed by atoms with E-state index in [-0.39, 0.29) is 11.1 Å². The zero-order chi connectivity index (χ0) is 17.3. The highest BCUT2D eigenvalue weighted by Crippen LogP contribution is 2.27. The number of piperidine rings is 1. The molecule has 0 aliphatic carbocycles. The van der Waals surface area contributed by atoms with Gasteiger partial charge in [-0.05, 0) is 25.5 Å². The van der Waals surface area contributed by atoms with Crippen LogP contribution in [0.2, 0.25) is 0 Å². The number of rotatable bonds is 4. The summed E-state index contributed by atoms with van der Waals surface area (Å²) in [5, 5.41) is 11.0. The lowest BCUT2D eigenvalue weighted by Crippen LogP contribution is -2.34. The topological polar surface area (TPSA) is 114 Å². The fraction of sp³-hybridized carbons (Fsp3) is 0.625. The van der Waals surface area contributed by atoms with Gasteiger partial charge in [0, 0.05) is 23.6 Å². The SMILES string of the molecule is CC(C)(C)c1noc(CN2CCC[C@@H](c3cc(C(N)=O)n[nH]3)C2)n1. The van der Waals surface area contributed by atoms with Crippen LogP contribution in [0.1, 0.15) is 67.4 Å². The van der Waals surface area contributed by atoms with Crippen LogP contribution < -0.4 is 5.73 Å². The number of primary amides is 1. The van der Waals surface area contributed by atoms with Gasteiger partial charge in [-0.15, -0.1) is 0 Å². The van der Waals surface area contributed by atoms with E-state index in [4.69, 9.17) is 10.3 Å². The third kappa shape index (κ3) is 3.64. The molecule has 3 rings (SSSR count). The van der Waals surface area contributed by atoms with Gasteiger partial charge in [0.1, 0.15) is 5.69 Å². The highest BCUT2D eigenvalue weighted by molar-refractivity contribution is 5.90. The maximum atomic E-state index is 11.2. The van der Waals surface area contributed by atoms with Crippen molar-refractivity contribution in [2.75, 3.05) is 13.1 Å². The number of nitrogens with one attached hydrogen (secondary N) is 1. The Morgan fingerprint density at radius 3 is 2.92 bits per heavy atom. The molecule has 8 heteroatoms. The second-order valence-corrected chi connectivity index (χ2v) is 7.41. The summed E-state index contributed by atoms with van der Waals surface area (Å²) < 4.78 is 5.39. The molecule has 0 saturated carbocycles. The predicted molar refractivity (Wildman–Crippen MR) is 87.4 cm³/mol. The van der Waals surface area contributed by atoms with Gasteiger partial charge in [0.2, 0.25) is 5.89 Å². The molecule has 0 unspecified atom stereocenters. The summed E-state index contributed by atoms with van der Waals surface area (Å²) in [5.74, 6) is 1.16. The zero-order valence-electron chi connectivity index (χ0n) is 14.4. The second kappa shape index (κ2) is 6.35. The van der Waals surface area contributed by atoms with Crippen LogP contribution in [0.3, 0.4) is 0 Å². The van der Waals surface area contributed by atoms with Crippen molar-refractivity contribution >= 4 is 5.91 Å². The van der Waals surface area contributed by atoms with Crippen LogP contribution in [-0.2, 0) is 12.0 Å². The van der Waals surface area contributed by atoms with Gasteiger partial charge >= 0.3 is 0 Å². The van der Waals surface area contributed by atoms with Crippen LogP contribution >= 0.6 is 0 Å². The van der Waals surface area contributed by atoms with Crippen molar-refractivity contribution in [1.82, 2.24) is 25.2 Å². The van der Waals surface area contributed by atoms with E-state index in [2.05, 4.69) is 46.0 Å². The molecule has 0 aromatic carbocycles. The number of carbonyl (C=O) groups is 1. The summed E-state index contributed by atoms with van der Waals surface area (Å²) in [6, 6.07) is 1.75. The average Bonchev–Trinajstić information content (AvgIpc) is 3.16. The summed E-state index contributed by atoms with van der Waals surface area (Å²) in [7, 11) is 0. The molecule has 1 aliphatic rings. The Labute approximate surface area is 140 Å². The maximum Gasteiger partial charge on any atom is 0.269 e. The van der Waals surface area contributed by atoms with Gasteiger partial charge in [-0.2, -0.15) is 10.1 Å². The van der Waals surface area contributed by atoms with Gasteiger partial charge in [-0.3, -0.25) is 14.8 Å². The molecule has 0 radical (unpaired) electrons. The molecular weight excluding hydrogens is 308 g/mol. The monoisotopic (exact) mass is 332 g/mol. The summed E-state index contributed by atoms with van der Waals surface area (Å²) in [6.45, 7) is 8.66. The Morgan fingerprint density at radius 2 is 2.29 bits per heavy atom. The van der Waals surface area contributed by atoms with Crippen LogP contribution in [0.15, 0.2) is 10.6 Å². The zero-order valence-corrected chi connectivity index (χ0v) is 14.4. The average molecular weight is 332 g/mol. The number of aromatic nitrogens is 4. The van der Waals surface area contributed by atoms with E-state index in [1.165, 1.54) is 0 Å². The highest BCUT2D eigenvalue weighted by Gasteiger charge is 2.26. The maximum absolute atomic E-state index is 11.2. The van der Waals surface area contributed by atoms with Crippen molar-refractivity contribution in [3.05, 3.63) is 29.2 Å². The molecule has 24 heavy (non-hydrogen) atoms. The summed E-state index contributed by atoms with van der Waals surface area (Å²) >= 11 is 0. The van der Waals surface area contributed by atoms with E-state index in [9.17, 15) is 4.79 Å². The van der Waals surface area contributed by atoms with Crippen molar-refractivity contribution in [1.29, 1.82) is 0 Å². The van der Waals surface area contributed by atoms with Gasteiger partial charge in [-0.1, -0.05) is 25.9 Å². The summed E-state index contributed by atoms with van der Waals surface area (Å²) in [6.07, 6.45) is 2.11. The number of nitrogens with zero attached hydrogens (tertiary/aromatic N) is 4. The summed E-state index contributed by atoms with van der Waals surface area (Å²) in [4.78, 5) is 18.0. The third-order valence-electron chi connectivity index (χ3n) is 4.29. The smallest absolute Gasteiger partial charge is 0.269 e. The Bertz CT molecular complexity index is 714. The molecule has 0 spiro atoms. The van der Waals surface area contributed by atoms with Crippen molar-refractivity contribution in [3.8, 4) is 0 Å². The molecule has 2 aromatic rings. The molecule has 2 aromatic heterocycles. The summed E-state index contributed by atoms with van der Waals surface area (Å²) in [5.41, 5.74) is 6.39. The van der Waals surface area contributed by atoms with E-state index in [0.717, 1.165) is 37.4 Å². The van der Waals surface area contributed by atoms with E-state index in [0.29, 0.717) is 18.4 Å². The number of aromatic amines is 1. The Kier molecular flexibility index (Phi) is 4.40. The minimum Gasteiger partial charge on any atom is -0.364 e. The molecular formula is C16H24N6O2. The molecule has 8 nitrogen and oxygen atoms in total. The van der Waals surface area contributed by atoms with Crippen LogP contribution in [0, 0.1) is 0 Å². The van der Waals surface area contributed by atoms with E-state index in [1.807, 2.05) is 0 Å². The quantitative estimate of drug-likeness (QED) is 0.878. The Balaban J connectivity index is 1.65. The fourth-order valence-corrected chi connectivity index (χ4v) is 2.94. The molecule has 1 saturated heterocycles. The van der Waals surface area contributed by atoms with Gasteiger partial charge in [0.15, 0.2) is 5.82 Å². The first-order chi connectivity index (χ1) is 11.3. The fourth-order valence-electron chi connectivity index (χ4n) is 2.94. The minimum absolute atomic E-state index is 0.118. The Hall–Kier alpha value is -2.22. The molecule has 3 heterocycles. The van der Waals surface area contributed by atoms with Gasteiger partial charge < -0.3 is 10.3 Å². The first kappa shape index (κ1) is 16.6. The largest absolute Gasteiger partial charge is 0.364 e. The van der Waals surface area contributed by atoms with Gasteiger partial charge in [0.25, 0.3) is 5.91 Å². The number of H-pyrrole nitrogens is 1. The number of likely N-dealkylation sites (tertiary alicyclic amines) is 1. The predicted octanol–water partition coefficient (Wildman–Crippen LogP) is 1.57. The van der Waals surface area contributed by atoms with Crippen LogP contribution in [0.5, 0.6) is 0 Å². The lowest BCUT2D eigenvalue weighted by Gasteiger charge is -2.31. The number of nitrogens with two attached hydrogens (primary N) is 1.